The molecule has 0 aromatic carbocycles. The monoisotopic (exact) mass is 279 g/mol. The summed E-state index contributed by atoms with van der Waals surface area (Å²) in [6, 6.07) is 0. The molecule has 1 unspecified atom stereocenters. The van der Waals surface area contributed by atoms with Crippen LogP contribution in [0.1, 0.15) is 44.9 Å². The average Bonchev–Trinajstić information content (AvgIpc) is 2.98. The van der Waals surface area contributed by atoms with Gasteiger partial charge in [0.05, 0.1) is 5.41 Å². The first-order valence-electron chi connectivity index (χ1n) is 7.60. The standard InChI is InChI=1S/C14H25N5O/c1-2-6-14(7-4-8-15-10-14)13(20)16-9-3-5-12-17-11-18-19-12/h11,15H,2-10H2,1H3,(H,16,20)(H,17,18,19). The molecule has 6 nitrogen and oxygen atoms in total. The van der Waals surface area contributed by atoms with E-state index in [0.29, 0.717) is 6.54 Å². The van der Waals surface area contributed by atoms with Crippen molar-refractivity contribution >= 4 is 5.91 Å². The van der Waals surface area contributed by atoms with Crippen LogP contribution in [0.3, 0.4) is 0 Å². The molecule has 0 aliphatic carbocycles. The normalized spacial score (nSPS) is 22.6. The van der Waals surface area contributed by atoms with Crippen LogP contribution in [0.5, 0.6) is 0 Å². The number of H-pyrrole nitrogens is 1. The van der Waals surface area contributed by atoms with E-state index in [9.17, 15) is 4.79 Å². The van der Waals surface area contributed by atoms with Crippen molar-refractivity contribution in [2.75, 3.05) is 19.6 Å². The molecule has 1 aromatic rings. The van der Waals surface area contributed by atoms with Crippen molar-refractivity contribution in [3.05, 3.63) is 12.2 Å². The summed E-state index contributed by atoms with van der Waals surface area (Å²) in [6.07, 6.45) is 7.32. The molecule has 2 heterocycles. The highest BCUT2D eigenvalue weighted by atomic mass is 16.2. The van der Waals surface area contributed by atoms with Crippen molar-refractivity contribution in [1.82, 2.24) is 25.8 Å². The Morgan fingerprint density at radius 1 is 1.55 bits per heavy atom. The van der Waals surface area contributed by atoms with Gasteiger partial charge in [-0.2, -0.15) is 5.10 Å². The Balaban J connectivity index is 1.76. The Morgan fingerprint density at radius 2 is 2.45 bits per heavy atom. The van der Waals surface area contributed by atoms with Crippen molar-refractivity contribution in [2.45, 2.75) is 45.4 Å². The predicted molar refractivity (Wildman–Crippen MR) is 77.2 cm³/mol. The lowest BCUT2D eigenvalue weighted by Crippen LogP contribution is -2.50. The van der Waals surface area contributed by atoms with Gasteiger partial charge in [-0.1, -0.05) is 13.3 Å². The van der Waals surface area contributed by atoms with Gasteiger partial charge in [0.2, 0.25) is 5.91 Å². The van der Waals surface area contributed by atoms with Gasteiger partial charge in [0.1, 0.15) is 12.2 Å². The van der Waals surface area contributed by atoms with Gasteiger partial charge in [0.25, 0.3) is 0 Å². The van der Waals surface area contributed by atoms with Crippen molar-refractivity contribution < 1.29 is 4.79 Å². The van der Waals surface area contributed by atoms with Crippen molar-refractivity contribution in [1.29, 1.82) is 0 Å². The molecule has 1 aromatic heterocycles. The second kappa shape index (κ2) is 7.38. The minimum Gasteiger partial charge on any atom is -0.356 e. The first-order valence-corrected chi connectivity index (χ1v) is 7.60. The highest BCUT2D eigenvalue weighted by Gasteiger charge is 2.38. The van der Waals surface area contributed by atoms with Gasteiger partial charge in [-0.15, -0.1) is 0 Å². The number of rotatable bonds is 7. The van der Waals surface area contributed by atoms with Crippen LogP contribution in [-0.2, 0) is 11.2 Å². The lowest BCUT2D eigenvalue weighted by atomic mass is 9.76. The zero-order chi connectivity index (χ0) is 14.3. The molecule has 112 valence electrons. The van der Waals surface area contributed by atoms with Gasteiger partial charge in [0, 0.05) is 19.5 Å². The summed E-state index contributed by atoms with van der Waals surface area (Å²) in [5.41, 5.74) is -0.195. The van der Waals surface area contributed by atoms with Gasteiger partial charge >= 0.3 is 0 Å². The summed E-state index contributed by atoms with van der Waals surface area (Å²) in [5, 5.41) is 13.1. The maximum absolute atomic E-state index is 12.5. The molecule has 0 bridgehead atoms. The molecule has 1 atom stereocenters. The minimum absolute atomic E-state index is 0.195. The van der Waals surface area contributed by atoms with Gasteiger partial charge in [0.15, 0.2) is 0 Å². The van der Waals surface area contributed by atoms with E-state index in [1.165, 1.54) is 6.33 Å². The average molecular weight is 279 g/mol. The fourth-order valence-corrected chi connectivity index (χ4v) is 2.96. The Bertz CT molecular complexity index is 392. The van der Waals surface area contributed by atoms with E-state index in [-0.39, 0.29) is 11.3 Å². The van der Waals surface area contributed by atoms with E-state index < -0.39 is 0 Å². The lowest BCUT2D eigenvalue weighted by molar-refractivity contribution is -0.132. The molecule has 2 rings (SSSR count). The number of aromatic nitrogens is 3. The first kappa shape index (κ1) is 15.0. The highest BCUT2D eigenvalue weighted by Crippen LogP contribution is 2.31. The van der Waals surface area contributed by atoms with Crippen LogP contribution in [0.25, 0.3) is 0 Å². The highest BCUT2D eigenvalue weighted by molar-refractivity contribution is 5.83. The number of carbonyl (C=O) groups is 1. The van der Waals surface area contributed by atoms with E-state index >= 15 is 0 Å². The molecule has 6 heteroatoms. The summed E-state index contributed by atoms with van der Waals surface area (Å²) >= 11 is 0. The Kier molecular flexibility index (Phi) is 5.52. The number of piperidine rings is 1. The zero-order valence-electron chi connectivity index (χ0n) is 12.2. The van der Waals surface area contributed by atoms with E-state index in [1.54, 1.807) is 0 Å². The molecule has 3 N–H and O–H groups in total. The topological polar surface area (TPSA) is 82.7 Å². The maximum atomic E-state index is 12.5. The van der Waals surface area contributed by atoms with E-state index in [4.69, 9.17) is 0 Å². The van der Waals surface area contributed by atoms with Gasteiger partial charge in [-0.3, -0.25) is 9.89 Å². The molecule has 1 amide bonds. The molecular formula is C14H25N5O. The molecule has 1 aliphatic heterocycles. The SMILES string of the molecule is CCCC1(C(=O)NCCCc2ncn[nH]2)CCCNC1. The molecule has 1 saturated heterocycles. The minimum atomic E-state index is -0.195. The summed E-state index contributed by atoms with van der Waals surface area (Å²) < 4.78 is 0. The fraction of sp³-hybridized carbons (Fsp3) is 0.786. The van der Waals surface area contributed by atoms with Crippen molar-refractivity contribution in [3.63, 3.8) is 0 Å². The molecule has 1 fully saturated rings. The van der Waals surface area contributed by atoms with Gasteiger partial charge in [-0.05, 0) is 32.2 Å². The number of aryl methyl sites for hydroxylation is 1. The predicted octanol–water partition coefficient (Wildman–Crippen LogP) is 1.02. The van der Waals surface area contributed by atoms with Crippen LogP contribution >= 0.6 is 0 Å². The lowest BCUT2D eigenvalue weighted by Gasteiger charge is -2.36. The van der Waals surface area contributed by atoms with Crippen LogP contribution in [0, 0.1) is 5.41 Å². The van der Waals surface area contributed by atoms with E-state index in [0.717, 1.165) is 57.4 Å². The van der Waals surface area contributed by atoms with Crippen LogP contribution in [0.2, 0.25) is 0 Å². The van der Waals surface area contributed by atoms with Crippen LogP contribution < -0.4 is 10.6 Å². The van der Waals surface area contributed by atoms with Crippen LogP contribution in [-0.4, -0.2) is 40.7 Å². The zero-order valence-corrected chi connectivity index (χ0v) is 12.2. The summed E-state index contributed by atoms with van der Waals surface area (Å²) in [4.78, 5) is 16.6. The third kappa shape index (κ3) is 3.79. The van der Waals surface area contributed by atoms with Gasteiger partial charge in [-0.25, -0.2) is 4.98 Å². The second-order valence-electron chi connectivity index (χ2n) is 5.60. The Labute approximate surface area is 120 Å². The summed E-state index contributed by atoms with van der Waals surface area (Å²) in [7, 11) is 0. The molecule has 20 heavy (non-hydrogen) atoms. The molecule has 0 radical (unpaired) electrons. The Morgan fingerprint density at radius 3 is 3.10 bits per heavy atom. The number of aromatic amines is 1. The first-order chi connectivity index (χ1) is 9.77. The van der Waals surface area contributed by atoms with Gasteiger partial charge < -0.3 is 10.6 Å². The largest absolute Gasteiger partial charge is 0.356 e. The second-order valence-corrected chi connectivity index (χ2v) is 5.60. The van der Waals surface area contributed by atoms with Crippen LogP contribution in [0.4, 0.5) is 0 Å². The number of amides is 1. The van der Waals surface area contributed by atoms with E-state index in [1.807, 2.05) is 0 Å². The molecule has 0 spiro atoms. The van der Waals surface area contributed by atoms with E-state index in [2.05, 4.69) is 32.7 Å². The number of nitrogens with zero attached hydrogens (tertiary/aromatic N) is 2. The smallest absolute Gasteiger partial charge is 0.227 e. The fourth-order valence-electron chi connectivity index (χ4n) is 2.96. The number of carbonyl (C=O) groups excluding carboxylic acids is 1. The number of hydrogen-bond donors (Lipinski definition) is 3. The molecule has 1 aliphatic rings. The number of hydrogen-bond acceptors (Lipinski definition) is 4. The van der Waals surface area contributed by atoms with Crippen LogP contribution in [0.15, 0.2) is 6.33 Å². The third-order valence-electron chi connectivity index (χ3n) is 4.02. The quantitative estimate of drug-likeness (QED) is 0.651. The summed E-state index contributed by atoms with van der Waals surface area (Å²) in [6.45, 7) is 4.69. The maximum Gasteiger partial charge on any atom is 0.227 e. The van der Waals surface area contributed by atoms with Crippen molar-refractivity contribution in [3.8, 4) is 0 Å². The molecule has 0 saturated carbocycles. The Hall–Kier alpha value is -1.43. The van der Waals surface area contributed by atoms with Crippen molar-refractivity contribution in [2.24, 2.45) is 5.41 Å². The molecular weight excluding hydrogens is 254 g/mol. The summed E-state index contributed by atoms with van der Waals surface area (Å²) in [5.74, 6) is 1.09. The number of nitrogens with one attached hydrogen (secondary N) is 3. The third-order valence-corrected chi connectivity index (χ3v) is 4.02.